The summed E-state index contributed by atoms with van der Waals surface area (Å²) >= 11 is 6.06. The molecule has 2 aromatic carbocycles. The minimum Gasteiger partial charge on any atom is -0.490 e. The third-order valence-corrected chi connectivity index (χ3v) is 3.61. The Morgan fingerprint density at radius 2 is 1.90 bits per heavy atom. The van der Waals surface area contributed by atoms with Crippen LogP contribution in [0.4, 0.5) is 0 Å². The molecule has 2 nitrogen and oxygen atoms in total. The van der Waals surface area contributed by atoms with Crippen molar-refractivity contribution in [2.75, 3.05) is 0 Å². The van der Waals surface area contributed by atoms with Crippen LogP contribution in [0.1, 0.15) is 19.4 Å². The predicted molar refractivity (Wildman–Crippen MR) is 88.3 cm³/mol. The fourth-order valence-corrected chi connectivity index (χ4v) is 2.73. The summed E-state index contributed by atoms with van der Waals surface area (Å²) in [6.45, 7) is 4.89. The van der Waals surface area contributed by atoms with Crippen LogP contribution < -0.4 is 4.74 Å². The largest absolute Gasteiger partial charge is 0.490 e. The fraction of sp³-hybridized carbons (Fsp3) is 0.222. The highest BCUT2D eigenvalue weighted by Gasteiger charge is 2.08. The van der Waals surface area contributed by atoms with Gasteiger partial charge in [0.1, 0.15) is 5.75 Å². The normalized spacial score (nSPS) is 11.2. The van der Waals surface area contributed by atoms with E-state index in [0.29, 0.717) is 0 Å². The third-order valence-electron chi connectivity index (χ3n) is 3.38. The molecule has 108 valence electrons. The van der Waals surface area contributed by atoms with Crippen molar-refractivity contribution >= 4 is 22.5 Å². The summed E-state index contributed by atoms with van der Waals surface area (Å²) in [5, 5.41) is 1.92. The maximum atomic E-state index is 6.06. The average molecular weight is 300 g/mol. The first-order valence-corrected chi connectivity index (χ1v) is 7.50. The fourth-order valence-electron chi connectivity index (χ4n) is 2.52. The Hall–Kier alpha value is -1.93. The van der Waals surface area contributed by atoms with E-state index >= 15 is 0 Å². The van der Waals surface area contributed by atoms with Crippen molar-refractivity contribution in [2.24, 2.45) is 0 Å². The molecule has 3 rings (SSSR count). The summed E-state index contributed by atoms with van der Waals surface area (Å²) in [5.74, 6) is 0.937. The summed E-state index contributed by atoms with van der Waals surface area (Å²) in [4.78, 5) is 0. The Kier molecular flexibility index (Phi) is 3.89. The monoisotopic (exact) mass is 299 g/mol. The summed E-state index contributed by atoms with van der Waals surface area (Å²) in [6.07, 6.45) is 2.27. The van der Waals surface area contributed by atoms with Crippen LogP contribution in [-0.4, -0.2) is 10.7 Å². The molecule has 21 heavy (non-hydrogen) atoms. The van der Waals surface area contributed by atoms with E-state index in [1.54, 1.807) is 0 Å². The number of hydrogen-bond acceptors (Lipinski definition) is 1. The van der Waals surface area contributed by atoms with Crippen molar-refractivity contribution in [3.05, 3.63) is 65.3 Å². The van der Waals surface area contributed by atoms with Gasteiger partial charge < -0.3 is 9.30 Å². The molecule has 0 amide bonds. The first-order chi connectivity index (χ1) is 10.1. The van der Waals surface area contributed by atoms with Gasteiger partial charge in [-0.3, -0.25) is 0 Å². The minimum absolute atomic E-state index is 0.173. The smallest absolute Gasteiger partial charge is 0.129 e. The van der Waals surface area contributed by atoms with E-state index in [-0.39, 0.29) is 6.10 Å². The molecule has 3 heteroatoms. The van der Waals surface area contributed by atoms with Crippen LogP contribution in [0.5, 0.6) is 5.75 Å². The van der Waals surface area contributed by atoms with Crippen molar-refractivity contribution in [2.45, 2.75) is 26.5 Å². The topological polar surface area (TPSA) is 14.2 Å². The molecule has 1 aromatic heterocycles. The lowest BCUT2D eigenvalue weighted by molar-refractivity contribution is 0.245. The number of benzene rings is 2. The lowest BCUT2D eigenvalue weighted by Crippen LogP contribution is -2.05. The Bertz CT molecular complexity index is 761. The maximum absolute atomic E-state index is 6.06. The van der Waals surface area contributed by atoms with Crippen molar-refractivity contribution in [1.82, 2.24) is 4.57 Å². The SMILES string of the molecule is CC(C)Oc1cccc2c1ccn2Cc1cccc(Cl)c1. The van der Waals surface area contributed by atoms with Crippen LogP contribution in [0.15, 0.2) is 54.7 Å². The van der Waals surface area contributed by atoms with E-state index in [1.165, 1.54) is 11.1 Å². The van der Waals surface area contributed by atoms with E-state index in [4.69, 9.17) is 16.3 Å². The second-order valence-corrected chi connectivity index (χ2v) is 5.87. The summed E-state index contributed by atoms with van der Waals surface area (Å²) in [5.41, 5.74) is 2.36. The predicted octanol–water partition coefficient (Wildman–Crippen LogP) is 5.13. The van der Waals surface area contributed by atoms with Gasteiger partial charge in [-0.1, -0.05) is 29.8 Å². The molecular weight excluding hydrogens is 282 g/mol. The molecule has 0 saturated heterocycles. The standard InChI is InChI=1S/C18H18ClNO/c1-13(2)21-18-8-4-7-17-16(18)9-10-20(17)12-14-5-3-6-15(19)11-14/h3-11,13H,12H2,1-2H3. The van der Waals surface area contributed by atoms with Gasteiger partial charge in [0, 0.05) is 23.2 Å². The van der Waals surface area contributed by atoms with Gasteiger partial charge in [0.2, 0.25) is 0 Å². The number of nitrogens with zero attached hydrogens (tertiary/aromatic N) is 1. The molecule has 3 aromatic rings. The molecule has 0 atom stereocenters. The highest BCUT2D eigenvalue weighted by Crippen LogP contribution is 2.28. The van der Waals surface area contributed by atoms with Crippen LogP contribution >= 0.6 is 11.6 Å². The molecule has 0 bridgehead atoms. The van der Waals surface area contributed by atoms with Gasteiger partial charge in [-0.2, -0.15) is 0 Å². The molecule has 0 fully saturated rings. The van der Waals surface area contributed by atoms with Crippen LogP contribution in [0, 0.1) is 0 Å². The number of rotatable bonds is 4. The zero-order valence-corrected chi connectivity index (χ0v) is 13.0. The summed E-state index contributed by atoms with van der Waals surface area (Å²) in [7, 11) is 0. The van der Waals surface area contributed by atoms with Crippen LogP contribution in [-0.2, 0) is 6.54 Å². The van der Waals surface area contributed by atoms with Gasteiger partial charge in [0.05, 0.1) is 11.6 Å². The molecular formula is C18H18ClNO. The first kappa shape index (κ1) is 14.0. The molecule has 0 spiro atoms. The molecule has 1 heterocycles. The van der Waals surface area contributed by atoms with Gasteiger partial charge in [0.25, 0.3) is 0 Å². The Labute approximate surface area is 129 Å². The molecule has 0 radical (unpaired) electrons. The second-order valence-electron chi connectivity index (χ2n) is 5.43. The number of aromatic nitrogens is 1. The van der Waals surface area contributed by atoms with E-state index < -0.39 is 0 Å². The van der Waals surface area contributed by atoms with Gasteiger partial charge in [-0.25, -0.2) is 0 Å². The average Bonchev–Trinajstić information content (AvgIpc) is 2.83. The van der Waals surface area contributed by atoms with Gasteiger partial charge in [0.15, 0.2) is 0 Å². The van der Waals surface area contributed by atoms with Crippen LogP contribution in [0.2, 0.25) is 5.02 Å². The maximum Gasteiger partial charge on any atom is 0.129 e. The van der Waals surface area contributed by atoms with E-state index in [1.807, 2.05) is 44.2 Å². The van der Waals surface area contributed by atoms with Crippen LogP contribution in [0.25, 0.3) is 10.9 Å². The quantitative estimate of drug-likeness (QED) is 0.651. The van der Waals surface area contributed by atoms with Gasteiger partial charge in [-0.15, -0.1) is 0 Å². The van der Waals surface area contributed by atoms with Gasteiger partial charge >= 0.3 is 0 Å². The van der Waals surface area contributed by atoms with Crippen molar-refractivity contribution in [3.8, 4) is 5.75 Å². The van der Waals surface area contributed by atoms with Gasteiger partial charge in [-0.05, 0) is 49.7 Å². The minimum atomic E-state index is 0.173. The highest BCUT2D eigenvalue weighted by atomic mass is 35.5. The van der Waals surface area contributed by atoms with E-state index in [0.717, 1.165) is 22.7 Å². The lowest BCUT2D eigenvalue weighted by atomic mass is 10.2. The van der Waals surface area contributed by atoms with Crippen molar-refractivity contribution < 1.29 is 4.74 Å². The number of halogens is 1. The summed E-state index contributed by atoms with van der Waals surface area (Å²) in [6, 6.07) is 16.3. The molecule has 0 unspecified atom stereocenters. The third kappa shape index (κ3) is 3.06. The van der Waals surface area contributed by atoms with E-state index in [2.05, 4.69) is 29.0 Å². The van der Waals surface area contributed by atoms with E-state index in [9.17, 15) is 0 Å². The molecule has 0 aliphatic rings. The highest BCUT2D eigenvalue weighted by molar-refractivity contribution is 6.30. The Balaban J connectivity index is 1.97. The molecule has 0 N–H and O–H groups in total. The number of fused-ring (bicyclic) bond motifs is 1. The number of hydrogen-bond donors (Lipinski definition) is 0. The van der Waals surface area contributed by atoms with Crippen molar-refractivity contribution in [1.29, 1.82) is 0 Å². The zero-order valence-electron chi connectivity index (χ0n) is 12.2. The molecule has 0 aliphatic carbocycles. The Morgan fingerprint density at radius 1 is 1.10 bits per heavy atom. The van der Waals surface area contributed by atoms with Crippen molar-refractivity contribution in [3.63, 3.8) is 0 Å². The summed E-state index contributed by atoms with van der Waals surface area (Å²) < 4.78 is 8.09. The first-order valence-electron chi connectivity index (χ1n) is 7.12. The molecule has 0 saturated carbocycles. The number of ether oxygens (including phenoxy) is 1. The Morgan fingerprint density at radius 3 is 2.67 bits per heavy atom. The van der Waals surface area contributed by atoms with Crippen LogP contribution in [0.3, 0.4) is 0 Å². The zero-order chi connectivity index (χ0) is 14.8. The lowest BCUT2D eigenvalue weighted by Gasteiger charge is -2.11. The second kappa shape index (κ2) is 5.82. The molecule has 0 aliphatic heterocycles.